The minimum Gasteiger partial charge on any atom is -0.398 e. The molecule has 1 heterocycles. The molecular formula is C13H16FN3O2S2. The lowest BCUT2D eigenvalue weighted by Gasteiger charge is -2.13. The molecule has 0 spiro atoms. The number of nitrogens with one attached hydrogen (secondary N) is 1. The fourth-order valence-corrected chi connectivity index (χ4v) is 3.88. The van der Waals surface area contributed by atoms with Gasteiger partial charge in [0.2, 0.25) is 10.0 Å². The molecule has 5 nitrogen and oxygen atoms in total. The number of aromatic nitrogens is 1. The van der Waals surface area contributed by atoms with Gasteiger partial charge in [-0.05, 0) is 32.9 Å². The second-order valence-corrected chi connectivity index (χ2v) is 7.39. The summed E-state index contributed by atoms with van der Waals surface area (Å²) in [4.78, 5) is 4.04. The normalized spacial score (nSPS) is 13.3. The van der Waals surface area contributed by atoms with Gasteiger partial charge in [0.1, 0.15) is 10.8 Å². The van der Waals surface area contributed by atoms with Crippen LogP contribution in [-0.2, 0) is 10.0 Å². The number of nitrogens with two attached hydrogens (primary N) is 1. The number of thiazole rings is 1. The first-order chi connectivity index (χ1) is 9.70. The topological polar surface area (TPSA) is 85.1 Å². The third-order valence-corrected chi connectivity index (χ3v) is 5.67. The van der Waals surface area contributed by atoms with Gasteiger partial charge in [0.05, 0.1) is 10.9 Å². The molecule has 1 aromatic heterocycles. The second-order valence-electron chi connectivity index (χ2n) is 4.79. The van der Waals surface area contributed by atoms with Crippen molar-refractivity contribution in [2.24, 2.45) is 0 Å². The van der Waals surface area contributed by atoms with Crippen molar-refractivity contribution < 1.29 is 12.8 Å². The summed E-state index contributed by atoms with van der Waals surface area (Å²) in [6, 6.07) is 1.72. The fourth-order valence-electron chi connectivity index (χ4n) is 1.75. The van der Waals surface area contributed by atoms with Crippen molar-refractivity contribution in [1.82, 2.24) is 9.71 Å². The maximum Gasteiger partial charge on any atom is 0.241 e. The molecule has 2 aromatic rings. The van der Waals surface area contributed by atoms with Crippen molar-refractivity contribution in [2.75, 3.05) is 5.73 Å². The van der Waals surface area contributed by atoms with Crippen molar-refractivity contribution >= 4 is 27.0 Å². The van der Waals surface area contributed by atoms with Crippen LogP contribution in [0.5, 0.6) is 0 Å². The number of nitrogen functional groups attached to an aromatic ring is 1. The van der Waals surface area contributed by atoms with Gasteiger partial charge in [-0.25, -0.2) is 22.5 Å². The molecule has 0 amide bonds. The van der Waals surface area contributed by atoms with E-state index in [1.807, 2.05) is 12.3 Å². The second kappa shape index (κ2) is 5.70. The lowest BCUT2D eigenvalue weighted by atomic mass is 10.2. The van der Waals surface area contributed by atoms with Gasteiger partial charge in [-0.2, -0.15) is 0 Å². The van der Waals surface area contributed by atoms with Gasteiger partial charge in [-0.1, -0.05) is 0 Å². The van der Waals surface area contributed by atoms with Gasteiger partial charge in [-0.3, -0.25) is 0 Å². The Morgan fingerprint density at radius 3 is 2.57 bits per heavy atom. The van der Waals surface area contributed by atoms with Crippen LogP contribution in [0.2, 0.25) is 0 Å². The van der Waals surface area contributed by atoms with Crippen LogP contribution in [0.3, 0.4) is 0 Å². The molecule has 1 aromatic carbocycles. The van der Waals surface area contributed by atoms with E-state index in [-0.39, 0.29) is 16.1 Å². The highest BCUT2D eigenvalue weighted by molar-refractivity contribution is 7.89. The zero-order valence-electron chi connectivity index (χ0n) is 11.8. The SMILES string of the molecule is Cc1csc(C(C)NS(=O)(=O)c2cc(N)c(C)c(F)c2)n1. The molecule has 0 aliphatic heterocycles. The van der Waals surface area contributed by atoms with Crippen molar-refractivity contribution in [1.29, 1.82) is 0 Å². The van der Waals surface area contributed by atoms with Gasteiger partial charge < -0.3 is 5.73 Å². The maximum absolute atomic E-state index is 13.7. The lowest BCUT2D eigenvalue weighted by Crippen LogP contribution is -2.27. The largest absolute Gasteiger partial charge is 0.398 e. The fraction of sp³-hybridized carbons (Fsp3) is 0.308. The van der Waals surface area contributed by atoms with E-state index < -0.39 is 21.9 Å². The van der Waals surface area contributed by atoms with Gasteiger partial charge in [0, 0.05) is 22.3 Å². The molecule has 114 valence electrons. The van der Waals surface area contributed by atoms with Crippen molar-refractivity contribution in [3.63, 3.8) is 0 Å². The van der Waals surface area contributed by atoms with Crippen molar-refractivity contribution in [2.45, 2.75) is 31.7 Å². The quantitative estimate of drug-likeness (QED) is 0.844. The van der Waals surface area contributed by atoms with E-state index in [9.17, 15) is 12.8 Å². The summed E-state index contributed by atoms with van der Waals surface area (Å²) >= 11 is 1.37. The van der Waals surface area contributed by atoms with Gasteiger partial charge >= 0.3 is 0 Å². The Balaban J connectivity index is 2.30. The predicted octanol–water partition coefficient (Wildman–Crippen LogP) is 2.52. The minimum absolute atomic E-state index is 0.105. The van der Waals surface area contributed by atoms with Crippen LogP contribution >= 0.6 is 11.3 Å². The van der Waals surface area contributed by atoms with Crippen LogP contribution < -0.4 is 10.5 Å². The van der Waals surface area contributed by atoms with Crippen LogP contribution in [0.15, 0.2) is 22.4 Å². The lowest BCUT2D eigenvalue weighted by molar-refractivity contribution is 0.563. The highest BCUT2D eigenvalue weighted by Gasteiger charge is 2.22. The maximum atomic E-state index is 13.7. The number of rotatable bonds is 4. The zero-order valence-corrected chi connectivity index (χ0v) is 13.5. The van der Waals surface area contributed by atoms with E-state index in [1.165, 1.54) is 24.3 Å². The van der Waals surface area contributed by atoms with Crippen LogP contribution in [0.1, 0.15) is 29.2 Å². The van der Waals surface area contributed by atoms with Crippen LogP contribution in [-0.4, -0.2) is 13.4 Å². The average molecular weight is 329 g/mol. The Bertz CT molecular complexity index is 748. The Morgan fingerprint density at radius 1 is 1.38 bits per heavy atom. The molecule has 1 atom stereocenters. The molecule has 8 heteroatoms. The Morgan fingerprint density at radius 2 is 2.05 bits per heavy atom. The van der Waals surface area contributed by atoms with Gasteiger partial charge in [0.25, 0.3) is 0 Å². The molecule has 0 aliphatic rings. The van der Waals surface area contributed by atoms with Crippen LogP contribution in [0.25, 0.3) is 0 Å². The molecule has 0 saturated heterocycles. The molecule has 3 N–H and O–H groups in total. The number of hydrogen-bond donors (Lipinski definition) is 2. The van der Waals surface area contributed by atoms with Gasteiger partial charge in [-0.15, -0.1) is 11.3 Å². The summed E-state index contributed by atoms with van der Waals surface area (Å²) in [6.07, 6.45) is 0. The van der Waals surface area contributed by atoms with E-state index in [2.05, 4.69) is 9.71 Å². The van der Waals surface area contributed by atoms with E-state index in [0.717, 1.165) is 11.8 Å². The molecule has 0 bridgehead atoms. The van der Waals surface area contributed by atoms with E-state index in [4.69, 9.17) is 5.73 Å². The Hall–Kier alpha value is -1.51. The molecule has 0 aliphatic carbocycles. The van der Waals surface area contributed by atoms with E-state index in [0.29, 0.717) is 5.01 Å². The molecule has 21 heavy (non-hydrogen) atoms. The minimum atomic E-state index is -3.86. The van der Waals surface area contributed by atoms with Gasteiger partial charge in [0.15, 0.2) is 0 Å². The van der Waals surface area contributed by atoms with Crippen LogP contribution in [0, 0.1) is 19.7 Å². The smallest absolute Gasteiger partial charge is 0.241 e. The first kappa shape index (κ1) is 15.9. The van der Waals surface area contributed by atoms with Crippen LogP contribution in [0.4, 0.5) is 10.1 Å². The first-order valence-corrected chi connectivity index (χ1v) is 8.57. The van der Waals surface area contributed by atoms with E-state index in [1.54, 1.807) is 6.92 Å². The highest BCUT2D eigenvalue weighted by atomic mass is 32.2. The molecule has 0 radical (unpaired) electrons. The number of anilines is 1. The van der Waals surface area contributed by atoms with Crippen molar-refractivity contribution in [3.05, 3.63) is 39.6 Å². The third kappa shape index (κ3) is 3.39. The van der Waals surface area contributed by atoms with Crippen molar-refractivity contribution in [3.8, 4) is 0 Å². The van der Waals surface area contributed by atoms with E-state index >= 15 is 0 Å². The first-order valence-electron chi connectivity index (χ1n) is 6.20. The number of nitrogens with zero attached hydrogens (tertiary/aromatic N) is 1. The predicted molar refractivity (Wildman–Crippen MR) is 81.1 cm³/mol. The number of halogens is 1. The average Bonchev–Trinajstić information content (AvgIpc) is 2.81. The molecule has 0 saturated carbocycles. The summed E-state index contributed by atoms with van der Waals surface area (Å²) in [7, 11) is -3.86. The number of benzene rings is 1. The molecule has 2 rings (SSSR count). The number of aryl methyl sites for hydroxylation is 1. The Kier molecular flexibility index (Phi) is 4.31. The highest BCUT2D eigenvalue weighted by Crippen LogP contribution is 2.24. The molecule has 1 unspecified atom stereocenters. The summed E-state index contributed by atoms with van der Waals surface area (Å²) < 4.78 is 40.7. The summed E-state index contributed by atoms with van der Waals surface area (Å²) in [5.41, 5.74) is 6.79. The number of sulfonamides is 1. The summed E-state index contributed by atoms with van der Waals surface area (Å²) in [5, 5.41) is 2.49. The summed E-state index contributed by atoms with van der Waals surface area (Å²) in [5.74, 6) is -0.645. The summed E-state index contributed by atoms with van der Waals surface area (Å²) in [6.45, 7) is 5.01. The standard InChI is InChI=1S/C13H16FN3O2S2/c1-7-6-20-13(16-7)9(3)17-21(18,19)10-4-11(14)8(2)12(15)5-10/h4-6,9,17H,15H2,1-3H3. The zero-order chi connectivity index (χ0) is 15.8. The number of hydrogen-bond acceptors (Lipinski definition) is 5. The Labute approximate surface area is 127 Å². The third-order valence-electron chi connectivity index (χ3n) is 3.01. The molecular weight excluding hydrogens is 313 g/mol. The molecule has 0 fully saturated rings. The monoisotopic (exact) mass is 329 g/mol.